The molecule has 0 N–H and O–H groups in total. The van der Waals surface area contributed by atoms with Crippen LogP contribution in [0.25, 0.3) is 0 Å². The molecule has 0 aliphatic carbocycles. The Morgan fingerprint density at radius 2 is 1.83 bits per heavy atom. The molecule has 1 atom stereocenters. The van der Waals surface area contributed by atoms with Crippen molar-refractivity contribution in [2.75, 3.05) is 0 Å². The van der Waals surface area contributed by atoms with Crippen LogP contribution in [0.1, 0.15) is 13.8 Å². The van der Waals surface area contributed by atoms with Crippen molar-refractivity contribution in [3.05, 3.63) is 42.2 Å². The first-order valence-electron chi connectivity index (χ1n) is 4.21. The van der Waals surface area contributed by atoms with Crippen LogP contribution >= 0.6 is 8.58 Å². The Balaban J connectivity index is 2.59. The van der Waals surface area contributed by atoms with E-state index in [1.165, 1.54) is 10.6 Å². The van der Waals surface area contributed by atoms with Gasteiger partial charge in [0.05, 0.1) is 0 Å². The van der Waals surface area contributed by atoms with Crippen LogP contribution in [0.3, 0.4) is 0 Å². The van der Waals surface area contributed by atoms with E-state index < -0.39 is 0 Å². The van der Waals surface area contributed by atoms with Crippen molar-refractivity contribution in [3.63, 3.8) is 0 Å². The predicted molar refractivity (Wildman–Crippen MR) is 58.4 cm³/mol. The summed E-state index contributed by atoms with van der Waals surface area (Å²) in [5.41, 5.74) is 0. The summed E-state index contributed by atoms with van der Waals surface area (Å²) in [5.74, 6) is 0.600. The minimum absolute atomic E-state index is 0.600. The maximum Gasteiger partial charge on any atom is -0.0220 e. The molecule has 0 bridgehead atoms. The van der Waals surface area contributed by atoms with Gasteiger partial charge in [0.15, 0.2) is 0 Å². The molecule has 0 aromatic heterocycles. The first-order chi connectivity index (χ1) is 5.70. The molecule has 1 aromatic carbocycles. The standard InChI is InChI=1S/C11H15P/c1-9(2)10(3)12-11-7-5-4-6-8-11/h4-9,12H,3H2,1-2H3. The Morgan fingerprint density at radius 3 is 2.33 bits per heavy atom. The van der Waals surface area contributed by atoms with Gasteiger partial charge in [-0.2, -0.15) is 0 Å². The molecule has 1 rings (SSSR count). The zero-order chi connectivity index (χ0) is 8.97. The van der Waals surface area contributed by atoms with Crippen LogP contribution in [0.4, 0.5) is 0 Å². The van der Waals surface area contributed by atoms with Crippen LogP contribution in [0, 0.1) is 5.92 Å². The summed E-state index contributed by atoms with van der Waals surface area (Å²) >= 11 is 0. The first kappa shape index (κ1) is 9.48. The molecule has 0 heterocycles. The molecule has 1 aromatic rings. The smallest absolute Gasteiger partial charge is 0.0220 e. The van der Waals surface area contributed by atoms with Crippen LogP contribution in [0.15, 0.2) is 42.2 Å². The third kappa shape index (κ3) is 2.79. The van der Waals surface area contributed by atoms with Gasteiger partial charge in [-0.15, -0.1) is 0 Å². The molecule has 0 spiro atoms. The van der Waals surface area contributed by atoms with Gasteiger partial charge < -0.3 is 0 Å². The van der Waals surface area contributed by atoms with Crippen molar-refractivity contribution in [2.24, 2.45) is 5.92 Å². The van der Waals surface area contributed by atoms with Gasteiger partial charge in [0, 0.05) is 0 Å². The normalized spacial score (nSPS) is 11.2. The number of hydrogen-bond donors (Lipinski definition) is 0. The van der Waals surface area contributed by atoms with E-state index in [9.17, 15) is 0 Å². The number of rotatable bonds is 3. The Morgan fingerprint density at radius 1 is 1.25 bits per heavy atom. The second-order valence-corrected chi connectivity index (χ2v) is 4.64. The molecule has 0 aliphatic rings. The van der Waals surface area contributed by atoms with E-state index in [1.807, 2.05) is 6.07 Å². The number of hydrogen-bond acceptors (Lipinski definition) is 0. The zero-order valence-corrected chi connectivity index (χ0v) is 8.67. The summed E-state index contributed by atoms with van der Waals surface area (Å²) in [5, 5.41) is 2.72. The van der Waals surface area contributed by atoms with E-state index in [0.717, 1.165) is 8.58 Å². The highest BCUT2D eigenvalue weighted by molar-refractivity contribution is 7.51. The van der Waals surface area contributed by atoms with Crippen LogP contribution in [0.2, 0.25) is 0 Å². The topological polar surface area (TPSA) is 0 Å². The van der Waals surface area contributed by atoms with Crippen molar-refractivity contribution in [1.82, 2.24) is 0 Å². The van der Waals surface area contributed by atoms with Crippen LogP contribution in [-0.4, -0.2) is 0 Å². The lowest BCUT2D eigenvalue weighted by Crippen LogP contribution is -1.95. The molecule has 1 heteroatoms. The summed E-state index contributed by atoms with van der Waals surface area (Å²) in [4.78, 5) is 0. The molecular weight excluding hydrogens is 163 g/mol. The lowest BCUT2D eigenvalue weighted by molar-refractivity contribution is 0.819. The van der Waals surface area contributed by atoms with Gasteiger partial charge in [-0.1, -0.05) is 59.3 Å². The Labute approximate surface area is 76.5 Å². The van der Waals surface area contributed by atoms with Crippen molar-refractivity contribution >= 4 is 13.9 Å². The maximum atomic E-state index is 4.06. The van der Waals surface area contributed by atoms with E-state index in [1.54, 1.807) is 0 Å². The van der Waals surface area contributed by atoms with Crippen LogP contribution < -0.4 is 5.30 Å². The van der Waals surface area contributed by atoms with E-state index >= 15 is 0 Å². The Hall–Kier alpha value is -0.610. The number of benzene rings is 1. The average molecular weight is 178 g/mol. The maximum absolute atomic E-state index is 4.06. The van der Waals surface area contributed by atoms with E-state index in [2.05, 4.69) is 44.7 Å². The van der Waals surface area contributed by atoms with Gasteiger partial charge >= 0.3 is 0 Å². The molecule has 0 amide bonds. The Bertz CT molecular complexity index is 249. The van der Waals surface area contributed by atoms with E-state index in [0.29, 0.717) is 5.92 Å². The lowest BCUT2D eigenvalue weighted by atomic mass is 10.2. The highest BCUT2D eigenvalue weighted by Gasteiger charge is 2.00. The van der Waals surface area contributed by atoms with Gasteiger partial charge in [0.2, 0.25) is 0 Å². The van der Waals surface area contributed by atoms with Gasteiger partial charge in [0.25, 0.3) is 0 Å². The highest BCUT2D eigenvalue weighted by atomic mass is 31.1. The third-order valence-corrected chi connectivity index (χ3v) is 3.30. The summed E-state index contributed by atoms with van der Waals surface area (Å²) in [6.45, 7) is 8.45. The second kappa shape index (κ2) is 4.42. The van der Waals surface area contributed by atoms with Gasteiger partial charge in [-0.3, -0.25) is 0 Å². The second-order valence-electron chi connectivity index (χ2n) is 3.17. The van der Waals surface area contributed by atoms with Gasteiger partial charge in [-0.25, -0.2) is 0 Å². The fourth-order valence-electron chi connectivity index (χ4n) is 0.851. The summed E-state index contributed by atoms with van der Waals surface area (Å²) in [7, 11) is 0.764. The Kier molecular flexibility index (Phi) is 3.49. The molecule has 0 radical (unpaired) electrons. The molecule has 0 fully saturated rings. The SMILES string of the molecule is C=C(Pc1ccccc1)C(C)C. The highest BCUT2D eigenvalue weighted by Crippen LogP contribution is 2.27. The molecule has 0 aliphatic heterocycles. The quantitative estimate of drug-likeness (QED) is 0.624. The monoisotopic (exact) mass is 178 g/mol. The first-order valence-corrected chi connectivity index (χ1v) is 5.21. The van der Waals surface area contributed by atoms with Crippen molar-refractivity contribution in [3.8, 4) is 0 Å². The van der Waals surface area contributed by atoms with Gasteiger partial charge in [-0.05, 0) is 16.5 Å². The minimum Gasteiger partial charge on any atom is -0.0950 e. The molecule has 64 valence electrons. The van der Waals surface area contributed by atoms with E-state index in [-0.39, 0.29) is 0 Å². The predicted octanol–water partition coefficient (Wildman–Crippen LogP) is 3.16. The largest absolute Gasteiger partial charge is 0.0950 e. The molecule has 0 saturated carbocycles. The lowest BCUT2D eigenvalue weighted by Gasteiger charge is -2.08. The average Bonchev–Trinajstić information content (AvgIpc) is 2.06. The molecule has 1 unspecified atom stereocenters. The minimum atomic E-state index is 0.600. The number of allylic oxidation sites excluding steroid dienone is 1. The van der Waals surface area contributed by atoms with Crippen molar-refractivity contribution < 1.29 is 0 Å². The van der Waals surface area contributed by atoms with Gasteiger partial charge in [0.1, 0.15) is 0 Å². The third-order valence-electron chi connectivity index (χ3n) is 1.78. The van der Waals surface area contributed by atoms with Crippen molar-refractivity contribution in [2.45, 2.75) is 13.8 Å². The molecular formula is C11H15P. The van der Waals surface area contributed by atoms with E-state index in [4.69, 9.17) is 0 Å². The molecule has 0 saturated heterocycles. The fraction of sp³-hybridized carbons (Fsp3) is 0.273. The van der Waals surface area contributed by atoms with Crippen LogP contribution in [0.5, 0.6) is 0 Å². The van der Waals surface area contributed by atoms with Crippen molar-refractivity contribution in [1.29, 1.82) is 0 Å². The summed E-state index contributed by atoms with van der Waals surface area (Å²) < 4.78 is 0. The molecule has 0 nitrogen and oxygen atoms in total. The summed E-state index contributed by atoms with van der Waals surface area (Å²) in [6.07, 6.45) is 0. The van der Waals surface area contributed by atoms with Crippen LogP contribution in [-0.2, 0) is 0 Å². The molecule has 12 heavy (non-hydrogen) atoms. The fourth-order valence-corrected chi connectivity index (χ4v) is 1.87. The zero-order valence-electron chi connectivity index (χ0n) is 7.67. The summed E-state index contributed by atoms with van der Waals surface area (Å²) in [6, 6.07) is 10.5.